The summed E-state index contributed by atoms with van der Waals surface area (Å²) < 4.78 is 28.7. The number of halogens is 2. The van der Waals surface area contributed by atoms with Crippen LogP contribution in [0.15, 0.2) is 24.3 Å². The first-order valence-corrected chi connectivity index (χ1v) is 6.78. The van der Waals surface area contributed by atoms with E-state index in [0.29, 0.717) is 12.1 Å². The zero-order chi connectivity index (χ0) is 14.7. The summed E-state index contributed by atoms with van der Waals surface area (Å²) in [6.07, 6.45) is 0.827. The number of nitrogens with zero attached hydrogens (tertiary/aromatic N) is 2. The first-order valence-electron chi connectivity index (χ1n) is 6.78. The average Bonchev–Trinajstić information content (AvgIpc) is 2.82. The lowest BCUT2D eigenvalue weighted by Gasteiger charge is -2.18. The van der Waals surface area contributed by atoms with Crippen molar-refractivity contribution in [3.8, 4) is 0 Å². The van der Waals surface area contributed by atoms with Crippen LogP contribution in [0.5, 0.6) is 0 Å². The third-order valence-electron chi connectivity index (χ3n) is 3.33. The predicted octanol–water partition coefficient (Wildman–Crippen LogP) is 3.05. The average molecular weight is 279 g/mol. The highest BCUT2D eigenvalue weighted by molar-refractivity contribution is 5.30. The number of benzene rings is 1. The van der Waals surface area contributed by atoms with Gasteiger partial charge in [0.05, 0.1) is 17.4 Å². The maximum Gasteiger partial charge on any atom is 0.126 e. The molecule has 5 heteroatoms. The molecule has 0 radical (unpaired) electrons. The fourth-order valence-corrected chi connectivity index (χ4v) is 2.37. The van der Waals surface area contributed by atoms with E-state index in [1.54, 1.807) is 7.05 Å². The van der Waals surface area contributed by atoms with Crippen LogP contribution in [-0.2, 0) is 13.0 Å². The Morgan fingerprint density at radius 2 is 1.80 bits per heavy atom. The Hall–Kier alpha value is -1.75. The molecular weight excluding hydrogens is 260 g/mol. The molecular formula is C15H19F2N3. The standard InChI is InChI=1S/C15H19F2N3/c1-4-13-9-14(20(5-2)19-13)15(18-3)10-6-11(16)8-12(17)7-10/h6-9,15,18H,4-5H2,1-3H3. The summed E-state index contributed by atoms with van der Waals surface area (Å²) in [5.74, 6) is -1.14. The summed E-state index contributed by atoms with van der Waals surface area (Å²) in [5.41, 5.74) is 2.44. The molecule has 0 aliphatic carbocycles. The first-order chi connectivity index (χ1) is 9.58. The first kappa shape index (κ1) is 14.7. The van der Waals surface area contributed by atoms with Crippen molar-refractivity contribution in [3.05, 3.63) is 52.9 Å². The second-order valence-electron chi connectivity index (χ2n) is 4.65. The summed E-state index contributed by atoms with van der Waals surface area (Å²) in [5, 5.41) is 7.58. The maximum absolute atomic E-state index is 13.4. The van der Waals surface area contributed by atoms with Crippen LogP contribution in [-0.4, -0.2) is 16.8 Å². The lowest BCUT2D eigenvalue weighted by atomic mass is 10.0. The third kappa shape index (κ3) is 2.88. The Kier molecular flexibility index (Phi) is 4.49. The van der Waals surface area contributed by atoms with E-state index in [-0.39, 0.29) is 6.04 Å². The van der Waals surface area contributed by atoms with Crippen LogP contribution in [0.2, 0.25) is 0 Å². The van der Waals surface area contributed by atoms with Crippen molar-refractivity contribution in [2.45, 2.75) is 32.9 Å². The van der Waals surface area contributed by atoms with Crippen LogP contribution in [0.3, 0.4) is 0 Å². The summed E-state index contributed by atoms with van der Waals surface area (Å²) >= 11 is 0. The van der Waals surface area contributed by atoms with Crippen molar-refractivity contribution in [2.75, 3.05) is 7.05 Å². The van der Waals surface area contributed by atoms with Crippen molar-refractivity contribution in [3.63, 3.8) is 0 Å². The molecule has 1 heterocycles. The van der Waals surface area contributed by atoms with Gasteiger partial charge in [0, 0.05) is 12.6 Å². The Balaban J connectivity index is 2.48. The molecule has 0 spiro atoms. The van der Waals surface area contributed by atoms with Crippen molar-refractivity contribution in [1.29, 1.82) is 0 Å². The molecule has 0 bridgehead atoms. The molecule has 3 nitrogen and oxygen atoms in total. The number of nitrogens with one attached hydrogen (secondary N) is 1. The Morgan fingerprint density at radius 3 is 2.30 bits per heavy atom. The highest BCUT2D eigenvalue weighted by Gasteiger charge is 2.19. The molecule has 0 aliphatic heterocycles. The molecule has 0 fully saturated rings. The van der Waals surface area contributed by atoms with E-state index < -0.39 is 11.6 Å². The van der Waals surface area contributed by atoms with Crippen LogP contribution < -0.4 is 5.32 Å². The molecule has 1 aromatic heterocycles. The van der Waals surface area contributed by atoms with Crippen LogP contribution in [0.1, 0.15) is 36.8 Å². The van der Waals surface area contributed by atoms with Crippen LogP contribution >= 0.6 is 0 Å². The van der Waals surface area contributed by atoms with E-state index in [1.807, 2.05) is 24.6 Å². The van der Waals surface area contributed by atoms with E-state index in [1.165, 1.54) is 12.1 Å². The Bertz CT molecular complexity index is 573. The predicted molar refractivity (Wildman–Crippen MR) is 74.5 cm³/mol. The van der Waals surface area contributed by atoms with Gasteiger partial charge in [0.1, 0.15) is 11.6 Å². The minimum absolute atomic E-state index is 0.284. The van der Waals surface area contributed by atoms with Crippen molar-refractivity contribution in [1.82, 2.24) is 15.1 Å². The topological polar surface area (TPSA) is 29.9 Å². The van der Waals surface area contributed by atoms with Gasteiger partial charge in [0.15, 0.2) is 0 Å². The van der Waals surface area contributed by atoms with Gasteiger partial charge in [0.25, 0.3) is 0 Å². The number of hydrogen-bond donors (Lipinski definition) is 1. The van der Waals surface area contributed by atoms with E-state index in [9.17, 15) is 8.78 Å². The SMILES string of the molecule is CCc1cc(C(NC)c2cc(F)cc(F)c2)n(CC)n1. The molecule has 2 rings (SSSR count). The fourth-order valence-electron chi connectivity index (χ4n) is 2.37. The summed E-state index contributed by atoms with van der Waals surface area (Å²) in [7, 11) is 1.77. The largest absolute Gasteiger partial charge is 0.308 e. The zero-order valence-electron chi connectivity index (χ0n) is 12.0. The van der Waals surface area contributed by atoms with E-state index in [4.69, 9.17) is 0 Å². The molecule has 0 saturated carbocycles. The molecule has 20 heavy (non-hydrogen) atoms. The van der Waals surface area contributed by atoms with Gasteiger partial charge in [-0.25, -0.2) is 8.78 Å². The lowest BCUT2D eigenvalue weighted by molar-refractivity contribution is 0.544. The molecule has 1 unspecified atom stereocenters. The number of hydrogen-bond acceptors (Lipinski definition) is 2. The zero-order valence-corrected chi connectivity index (χ0v) is 12.0. The minimum Gasteiger partial charge on any atom is -0.308 e. The Labute approximate surface area is 117 Å². The number of aromatic nitrogens is 2. The maximum atomic E-state index is 13.4. The lowest BCUT2D eigenvalue weighted by Crippen LogP contribution is -2.21. The van der Waals surface area contributed by atoms with E-state index in [2.05, 4.69) is 10.4 Å². The van der Waals surface area contributed by atoms with Crippen LogP contribution in [0.25, 0.3) is 0 Å². The van der Waals surface area contributed by atoms with Crippen molar-refractivity contribution < 1.29 is 8.78 Å². The molecule has 108 valence electrons. The summed E-state index contributed by atoms with van der Waals surface area (Å²) in [6.45, 7) is 4.74. The van der Waals surface area contributed by atoms with Gasteiger partial charge in [-0.1, -0.05) is 6.92 Å². The highest BCUT2D eigenvalue weighted by atomic mass is 19.1. The quantitative estimate of drug-likeness (QED) is 0.911. The normalized spacial score (nSPS) is 12.7. The van der Waals surface area contributed by atoms with Crippen LogP contribution in [0, 0.1) is 11.6 Å². The molecule has 0 aliphatic rings. The van der Waals surface area contributed by atoms with Gasteiger partial charge in [-0.15, -0.1) is 0 Å². The minimum atomic E-state index is -0.571. The summed E-state index contributed by atoms with van der Waals surface area (Å²) in [6, 6.07) is 5.28. The summed E-state index contributed by atoms with van der Waals surface area (Å²) in [4.78, 5) is 0. The molecule has 1 aromatic carbocycles. The monoisotopic (exact) mass is 279 g/mol. The number of aryl methyl sites for hydroxylation is 2. The fraction of sp³-hybridized carbons (Fsp3) is 0.400. The van der Waals surface area contributed by atoms with Gasteiger partial charge < -0.3 is 5.32 Å². The second-order valence-corrected chi connectivity index (χ2v) is 4.65. The highest BCUT2D eigenvalue weighted by Crippen LogP contribution is 2.24. The number of rotatable bonds is 5. The van der Waals surface area contributed by atoms with E-state index in [0.717, 1.165) is 23.9 Å². The second kappa shape index (κ2) is 6.13. The smallest absolute Gasteiger partial charge is 0.126 e. The van der Waals surface area contributed by atoms with Gasteiger partial charge in [-0.3, -0.25) is 4.68 Å². The molecule has 1 atom stereocenters. The third-order valence-corrected chi connectivity index (χ3v) is 3.33. The van der Waals surface area contributed by atoms with Crippen molar-refractivity contribution in [2.24, 2.45) is 0 Å². The Morgan fingerprint density at radius 1 is 1.15 bits per heavy atom. The molecule has 0 amide bonds. The van der Waals surface area contributed by atoms with Gasteiger partial charge in [0.2, 0.25) is 0 Å². The molecule has 0 saturated heterocycles. The van der Waals surface area contributed by atoms with E-state index >= 15 is 0 Å². The molecule has 2 aromatic rings. The van der Waals surface area contributed by atoms with Crippen LogP contribution in [0.4, 0.5) is 8.78 Å². The van der Waals surface area contributed by atoms with Gasteiger partial charge in [-0.2, -0.15) is 5.10 Å². The molecule has 1 N–H and O–H groups in total. The van der Waals surface area contributed by atoms with Gasteiger partial charge in [-0.05, 0) is 44.2 Å². The van der Waals surface area contributed by atoms with Gasteiger partial charge >= 0.3 is 0 Å². The van der Waals surface area contributed by atoms with Crippen molar-refractivity contribution >= 4 is 0 Å².